The highest BCUT2D eigenvalue weighted by Gasteiger charge is 2.26. The highest BCUT2D eigenvalue weighted by molar-refractivity contribution is 5.58. The Kier molecular flexibility index (Phi) is 3.63. The fourth-order valence-corrected chi connectivity index (χ4v) is 2.15. The van der Waals surface area contributed by atoms with E-state index in [-0.39, 0.29) is 5.82 Å². The average Bonchev–Trinajstić information content (AvgIpc) is 3.29. The first kappa shape index (κ1) is 13.0. The molecule has 3 rings (SSSR count). The van der Waals surface area contributed by atoms with Gasteiger partial charge < -0.3 is 5.32 Å². The second kappa shape index (κ2) is 5.57. The molecule has 2 aromatic rings. The van der Waals surface area contributed by atoms with Gasteiger partial charge in [0, 0.05) is 29.8 Å². The lowest BCUT2D eigenvalue weighted by Crippen LogP contribution is -2.05. The fraction of sp³-hybridized carbons (Fsp3) is 0.375. The molecule has 20 heavy (non-hydrogen) atoms. The summed E-state index contributed by atoms with van der Waals surface area (Å²) in [5.41, 5.74) is 1.80. The number of halogens is 1. The lowest BCUT2D eigenvalue weighted by Gasteiger charge is -2.09. The van der Waals surface area contributed by atoms with Gasteiger partial charge in [0.25, 0.3) is 0 Å². The van der Waals surface area contributed by atoms with Gasteiger partial charge in [-0.15, -0.1) is 0 Å². The first-order valence-electron chi connectivity index (χ1n) is 7.15. The van der Waals surface area contributed by atoms with E-state index in [4.69, 9.17) is 0 Å². The molecular weight excluding hydrogens is 253 g/mol. The number of hydrogen-bond acceptors (Lipinski definition) is 3. The first-order valence-corrected chi connectivity index (χ1v) is 7.15. The largest absolute Gasteiger partial charge is 0.370 e. The minimum absolute atomic E-state index is 0.258. The molecule has 1 heterocycles. The number of rotatable bonds is 5. The molecule has 1 saturated carbocycles. The van der Waals surface area contributed by atoms with Gasteiger partial charge >= 0.3 is 0 Å². The lowest BCUT2D eigenvalue weighted by molar-refractivity contribution is 0.628. The monoisotopic (exact) mass is 271 g/mol. The van der Waals surface area contributed by atoms with Crippen molar-refractivity contribution in [3.63, 3.8) is 0 Å². The van der Waals surface area contributed by atoms with Crippen molar-refractivity contribution >= 4 is 5.82 Å². The fourth-order valence-electron chi connectivity index (χ4n) is 2.15. The molecule has 1 aliphatic carbocycles. The second-order valence-corrected chi connectivity index (χ2v) is 5.21. The molecule has 4 heteroatoms. The van der Waals surface area contributed by atoms with Crippen molar-refractivity contribution < 1.29 is 4.39 Å². The molecule has 1 aromatic carbocycles. The Morgan fingerprint density at radius 2 is 2.10 bits per heavy atom. The van der Waals surface area contributed by atoms with Crippen molar-refractivity contribution in [1.82, 2.24) is 9.97 Å². The molecule has 0 bridgehead atoms. The molecule has 0 unspecified atom stereocenters. The molecule has 0 radical (unpaired) electrons. The summed E-state index contributed by atoms with van der Waals surface area (Å²) in [6, 6.07) is 8.48. The zero-order valence-corrected chi connectivity index (χ0v) is 11.6. The van der Waals surface area contributed by atoms with E-state index in [0.717, 1.165) is 30.0 Å². The summed E-state index contributed by atoms with van der Waals surface area (Å²) in [5.74, 6) is 1.73. The van der Waals surface area contributed by atoms with E-state index in [1.165, 1.54) is 25.0 Å². The van der Waals surface area contributed by atoms with Gasteiger partial charge in [0.1, 0.15) is 11.6 Å². The smallest absolute Gasteiger partial charge is 0.161 e. The van der Waals surface area contributed by atoms with Crippen molar-refractivity contribution in [2.45, 2.75) is 32.1 Å². The third kappa shape index (κ3) is 2.95. The van der Waals surface area contributed by atoms with Crippen molar-refractivity contribution in [3.05, 3.63) is 41.8 Å². The van der Waals surface area contributed by atoms with E-state index < -0.39 is 0 Å². The van der Waals surface area contributed by atoms with Crippen molar-refractivity contribution in [1.29, 1.82) is 0 Å². The van der Waals surface area contributed by atoms with Crippen LogP contribution < -0.4 is 5.32 Å². The van der Waals surface area contributed by atoms with Crippen LogP contribution in [0.2, 0.25) is 0 Å². The standard InChI is InChI=1S/C16H18FN3/c1-2-8-18-15-10-14(11-6-7-11)19-16(20-15)12-4-3-5-13(17)9-12/h3-5,9-11H,2,6-8H2,1H3,(H,18,19,20). The first-order chi connectivity index (χ1) is 9.76. The van der Waals surface area contributed by atoms with E-state index in [1.54, 1.807) is 6.07 Å². The van der Waals surface area contributed by atoms with Crippen LogP contribution in [-0.4, -0.2) is 16.5 Å². The third-order valence-corrected chi connectivity index (χ3v) is 3.38. The van der Waals surface area contributed by atoms with Gasteiger partial charge in [-0.05, 0) is 31.4 Å². The van der Waals surface area contributed by atoms with Gasteiger partial charge in [-0.2, -0.15) is 0 Å². The maximum Gasteiger partial charge on any atom is 0.161 e. The predicted octanol–water partition coefficient (Wildman–Crippen LogP) is 3.98. The minimum atomic E-state index is -0.258. The molecule has 0 atom stereocenters. The Labute approximate surface area is 118 Å². The molecule has 1 aliphatic rings. The number of nitrogens with one attached hydrogen (secondary N) is 1. The van der Waals surface area contributed by atoms with Crippen LogP contribution in [0.3, 0.4) is 0 Å². The van der Waals surface area contributed by atoms with Gasteiger partial charge in [0.2, 0.25) is 0 Å². The van der Waals surface area contributed by atoms with Crippen LogP contribution in [0.4, 0.5) is 10.2 Å². The Bertz CT molecular complexity index is 608. The van der Waals surface area contributed by atoms with Gasteiger partial charge in [-0.1, -0.05) is 19.1 Å². The molecule has 3 nitrogen and oxygen atoms in total. The Balaban J connectivity index is 1.98. The third-order valence-electron chi connectivity index (χ3n) is 3.38. The molecule has 1 aromatic heterocycles. The summed E-state index contributed by atoms with van der Waals surface area (Å²) in [7, 11) is 0. The van der Waals surface area contributed by atoms with Crippen LogP contribution in [0.25, 0.3) is 11.4 Å². The van der Waals surface area contributed by atoms with E-state index in [1.807, 2.05) is 12.1 Å². The molecular formula is C16H18FN3. The summed E-state index contributed by atoms with van der Waals surface area (Å²) < 4.78 is 13.4. The molecule has 104 valence electrons. The molecule has 0 amide bonds. The number of aromatic nitrogens is 2. The molecule has 1 N–H and O–H groups in total. The van der Waals surface area contributed by atoms with Crippen LogP contribution in [0.15, 0.2) is 30.3 Å². The van der Waals surface area contributed by atoms with Gasteiger partial charge in [0.05, 0.1) is 0 Å². The van der Waals surface area contributed by atoms with Crippen molar-refractivity contribution in [2.24, 2.45) is 0 Å². The summed E-state index contributed by atoms with van der Waals surface area (Å²) in [6.07, 6.45) is 3.41. The van der Waals surface area contributed by atoms with Crippen LogP contribution in [0.5, 0.6) is 0 Å². The van der Waals surface area contributed by atoms with E-state index >= 15 is 0 Å². The van der Waals surface area contributed by atoms with E-state index in [2.05, 4.69) is 22.2 Å². The summed E-state index contributed by atoms with van der Waals surface area (Å²) in [6.45, 7) is 2.99. The predicted molar refractivity (Wildman–Crippen MR) is 78.2 cm³/mol. The summed E-state index contributed by atoms with van der Waals surface area (Å²) in [5, 5.41) is 3.30. The average molecular weight is 271 g/mol. The zero-order valence-electron chi connectivity index (χ0n) is 11.6. The van der Waals surface area contributed by atoms with Gasteiger partial charge in [-0.3, -0.25) is 0 Å². The number of anilines is 1. The Morgan fingerprint density at radius 1 is 1.25 bits per heavy atom. The van der Waals surface area contributed by atoms with Crippen LogP contribution in [0, 0.1) is 5.82 Å². The van der Waals surface area contributed by atoms with Crippen molar-refractivity contribution in [2.75, 3.05) is 11.9 Å². The Morgan fingerprint density at radius 3 is 2.80 bits per heavy atom. The van der Waals surface area contributed by atoms with E-state index in [9.17, 15) is 4.39 Å². The highest BCUT2D eigenvalue weighted by atomic mass is 19.1. The van der Waals surface area contributed by atoms with Crippen LogP contribution in [0.1, 0.15) is 37.8 Å². The molecule has 0 saturated heterocycles. The quantitative estimate of drug-likeness (QED) is 0.893. The Hall–Kier alpha value is -1.97. The summed E-state index contributed by atoms with van der Waals surface area (Å²) in [4.78, 5) is 9.10. The molecule has 0 aliphatic heterocycles. The maximum atomic E-state index is 13.4. The van der Waals surface area contributed by atoms with Gasteiger partial charge in [-0.25, -0.2) is 14.4 Å². The van der Waals surface area contributed by atoms with Crippen molar-refractivity contribution in [3.8, 4) is 11.4 Å². The maximum absolute atomic E-state index is 13.4. The second-order valence-electron chi connectivity index (χ2n) is 5.21. The van der Waals surface area contributed by atoms with Crippen LogP contribution in [-0.2, 0) is 0 Å². The normalized spacial score (nSPS) is 14.3. The van der Waals surface area contributed by atoms with Gasteiger partial charge in [0.15, 0.2) is 5.82 Å². The molecule has 0 spiro atoms. The SMILES string of the molecule is CCCNc1cc(C2CC2)nc(-c2cccc(F)c2)n1. The molecule has 1 fully saturated rings. The lowest BCUT2D eigenvalue weighted by atomic mass is 10.2. The number of nitrogens with zero attached hydrogens (tertiary/aromatic N) is 2. The topological polar surface area (TPSA) is 37.8 Å². The zero-order chi connectivity index (χ0) is 13.9. The summed E-state index contributed by atoms with van der Waals surface area (Å²) >= 11 is 0. The van der Waals surface area contributed by atoms with E-state index in [0.29, 0.717) is 11.7 Å². The van der Waals surface area contributed by atoms with Crippen LogP contribution >= 0.6 is 0 Å². The highest BCUT2D eigenvalue weighted by Crippen LogP contribution is 2.40. The minimum Gasteiger partial charge on any atom is -0.370 e. The number of hydrogen-bond donors (Lipinski definition) is 1. The number of benzene rings is 1.